The minimum atomic E-state index is 0.630. The molecule has 2 heterocycles. The summed E-state index contributed by atoms with van der Waals surface area (Å²) in [5.74, 6) is 0.630. The van der Waals surface area contributed by atoms with Gasteiger partial charge in [0, 0.05) is 4.91 Å². The van der Waals surface area contributed by atoms with Crippen LogP contribution in [-0.4, -0.2) is 0 Å². The van der Waals surface area contributed by atoms with Crippen LogP contribution in [0.1, 0.15) is 13.8 Å². The van der Waals surface area contributed by atoms with Gasteiger partial charge < -0.3 is 0 Å². The number of hydrogen-bond donors (Lipinski definition) is 0. The molecule has 0 spiro atoms. The Labute approximate surface area is 108 Å². The maximum absolute atomic E-state index is 2.25. The fraction of sp³-hybridized carbons (Fsp3) is 0.273. The first-order chi connectivity index (χ1) is 7.25. The van der Waals surface area contributed by atoms with Gasteiger partial charge in [-0.3, -0.25) is 0 Å². The number of rotatable bonds is 2. The Kier molecular flexibility index (Phi) is 4.43. The normalized spacial score (nSPS) is 21.1. The van der Waals surface area contributed by atoms with E-state index in [0.29, 0.717) is 5.92 Å². The average Bonchev–Trinajstić information content (AvgIpc) is 2.85. The lowest BCUT2D eigenvalue weighted by molar-refractivity contribution is 0.832. The van der Waals surface area contributed by atoms with Crippen molar-refractivity contribution in [3.05, 3.63) is 41.8 Å². The lowest BCUT2D eigenvalue weighted by Crippen LogP contribution is -1.76. The van der Waals surface area contributed by atoms with Gasteiger partial charge in [-0.1, -0.05) is 73.0 Å². The number of allylic oxidation sites excluding steroid dienone is 2. The van der Waals surface area contributed by atoms with Crippen molar-refractivity contribution >= 4 is 47.0 Å². The molecule has 0 aromatic rings. The zero-order valence-corrected chi connectivity index (χ0v) is 11.9. The van der Waals surface area contributed by atoms with Gasteiger partial charge in [0.05, 0.1) is 8.47 Å². The van der Waals surface area contributed by atoms with Crippen LogP contribution in [0, 0.1) is 5.92 Å². The van der Waals surface area contributed by atoms with Crippen LogP contribution in [0.5, 0.6) is 0 Å². The molecule has 4 heteroatoms. The van der Waals surface area contributed by atoms with E-state index in [1.165, 1.54) is 13.4 Å². The van der Waals surface area contributed by atoms with E-state index >= 15 is 0 Å². The van der Waals surface area contributed by atoms with Gasteiger partial charge in [-0.05, 0) is 22.1 Å². The second-order valence-corrected chi connectivity index (χ2v) is 7.74. The van der Waals surface area contributed by atoms with Gasteiger partial charge in [-0.2, -0.15) is 0 Å². The average molecular weight is 272 g/mol. The van der Waals surface area contributed by atoms with Gasteiger partial charge in [0.2, 0.25) is 0 Å². The summed E-state index contributed by atoms with van der Waals surface area (Å²) in [5, 5.41) is 6.54. The van der Waals surface area contributed by atoms with Gasteiger partial charge >= 0.3 is 0 Å². The predicted molar refractivity (Wildman–Crippen MR) is 78.6 cm³/mol. The van der Waals surface area contributed by atoms with Crippen molar-refractivity contribution in [2.45, 2.75) is 13.8 Å². The molecule has 0 aromatic heterocycles. The third-order valence-electron chi connectivity index (χ3n) is 1.71. The molecule has 0 radical (unpaired) electrons. The Morgan fingerprint density at radius 3 is 2.47 bits per heavy atom. The van der Waals surface area contributed by atoms with Gasteiger partial charge in [0.15, 0.2) is 0 Å². The van der Waals surface area contributed by atoms with Crippen molar-refractivity contribution in [3.63, 3.8) is 0 Å². The summed E-state index contributed by atoms with van der Waals surface area (Å²) in [4.78, 5) is 1.37. The van der Waals surface area contributed by atoms with Crippen LogP contribution in [0.4, 0.5) is 0 Å². The second kappa shape index (κ2) is 5.62. The molecule has 0 amide bonds. The van der Waals surface area contributed by atoms with E-state index in [4.69, 9.17) is 0 Å². The van der Waals surface area contributed by atoms with Gasteiger partial charge in [0.25, 0.3) is 0 Å². The van der Waals surface area contributed by atoms with E-state index in [9.17, 15) is 0 Å². The molecule has 2 rings (SSSR count). The molecule has 0 aromatic carbocycles. The molecule has 15 heavy (non-hydrogen) atoms. The maximum Gasteiger partial charge on any atom is 0.0700 e. The van der Waals surface area contributed by atoms with Crippen molar-refractivity contribution < 1.29 is 0 Å². The summed E-state index contributed by atoms with van der Waals surface area (Å²) in [6.07, 6.45) is 4.48. The molecule has 2 aliphatic rings. The fourth-order valence-electron chi connectivity index (χ4n) is 1.02. The Morgan fingerprint density at radius 2 is 1.80 bits per heavy atom. The minimum absolute atomic E-state index is 0.630. The summed E-state index contributed by atoms with van der Waals surface area (Å²) in [5.41, 5.74) is 0. The second-order valence-electron chi connectivity index (χ2n) is 3.43. The van der Waals surface area contributed by atoms with Crippen LogP contribution in [0.2, 0.25) is 0 Å². The molecule has 0 saturated heterocycles. The monoisotopic (exact) mass is 272 g/mol. The van der Waals surface area contributed by atoms with Gasteiger partial charge in [-0.25, -0.2) is 0 Å². The zero-order valence-electron chi connectivity index (χ0n) is 8.60. The van der Waals surface area contributed by atoms with Crippen LogP contribution in [0.25, 0.3) is 0 Å². The molecule has 0 aliphatic carbocycles. The molecule has 0 saturated carbocycles. The van der Waals surface area contributed by atoms with E-state index in [1.54, 1.807) is 0 Å². The molecule has 0 bridgehead atoms. The lowest BCUT2D eigenvalue weighted by Gasteiger charge is -1.99. The van der Waals surface area contributed by atoms with E-state index in [0.717, 1.165) is 0 Å². The van der Waals surface area contributed by atoms with E-state index < -0.39 is 0 Å². The SMILES string of the molecule is CC(C)/C=C/C1=CSC(=C2SC=CS2)S1. The van der Waals surface area contributed by atoms with E-state index in [1.807, 2.05) is 47.0 Å². The highest BCUT2D eigenvalue weighted by Crippen LogP contribution is 2.53. The molecular formula is C11H12S4. The topological polar surface area (TPSA) is 0 Å². The van der Waals surface area contributed by atoms with E-state index in [2.05, 4.69) is 42.2 Å². The summed E-state index contributed by atoms with van der Waals surface area (Å²) in [6, 6.07) is 0. The van der Waals surface area contributed by atoms with Gasteiger partial charge in [0.1, 0.15) is 0 Å². The predicted octanol–water partition coefficient (Wildman–Crippen LogP) is 5.60. The largest absolute Gasteiger partial charge is 0.0884 e. The standard InChI is InChI=1S/C11H12S4/c1-8(2)3-4-9-7-14-11(15-9)10-12-5-6-13-10/h3-8H,1-2H3/b4-3+. The number of thioether (sulfide) groups is 4. The molecule has 0 nitrogen and oxygen atoms in total. The van der Waals surface area contributed by atoms with Crippen molar-refractivity contribution in [3.8, 4) is 0 Å². The quantitative estimate of drug-likeness (QED) is 0.641. The van der Waals surface area contributed by atoms with Crippen LogP contribution in [0.3, 0.4) is 0 Å². The Balaban J connectivity index is 1.96. The first-order valence-electron chi connectivity index (χ1n) is 4.71. The summed E-state index contributed by atoms with van der Waals surface area (Å²) in [7, 11) is 0. The Hall–Kier alpha value is 0.360. The highest BCUT2D eigenvalue weighted by molar-refractivity contribution is 8.33. The maximum atomic E-state index is 2.25. The van der Waals surface area contributed by atoms with Crippen LogP contribution < -0.4 is 0 Å². The summed E-state index contributed by atoms with van der Waals surface area (Å²) < 4.78 is 2.85. The summed E-state index contributed by atoms with van der Waals surface area (Å²) in [6.45, 7) is 4.41. The smallest absolute Gasteiger partial charge is 0.0700 e. The molecule has 80 valence electrons. The number of hydrogen-bond acceptors (Lipinski definition) is 4. The molecule has 0 N–H and O–H groups in total. The third-order valence-corrected chi connectivity index (χ3v) is 6.71. The van der Waals surface area contributed by atoms with Crippen molar-refractivity contribution in [1.29, 1.82) is 0 Å². The van der Waals surface area contributed by atoms with Crippen LogP contribution >= 0.6 is 47.0 Å². The molecule has 0 fully saturated rings. The highest BCUT2D eigenvalue weighted by atomic mass is 32.2. The van der Waals surface area contributed by atoms with E-state index in [-0.39, 0.29) is 0 Å². The van der Waals surface area contributed by atoms with Crippen molar-refractivity contribution in [1.82, 2.24) is 0 Å². The molecular weight excluding hydrogens is 260 g/mol. The third kappa shape index (κ3) is 3.41. The lowest BCUT2D eigenvalue weighted by atomic mass is 10.2. The Bertz CT molecular complexity index is 351. The molecule has 2 aliphatic heterocycles. The molecule has 0 atom stereocenters. The Morgan fingerprint density at radius 1 is 1.07 bits per heavy atom. The minimum Gasteiger partial charge on any atom is -0.0884 e. The van der Waals surface area contributed by atoms with Crippen molar-refractivity contribution in [2.24, 2.45) is 5.92 Å². The fourth-order valence-corrected chi connectivity index (χ4v) is 5.38. The first-order valence-corrected chi connectivity index (χ1v) is 8.17. The van der Waals surface area contributed by atoms with Crippen molar-refractivity contribution in [2.75, 3.05) is 0 Å². The zero-order chi connectivity index (χ0) is 10.7. The summed E-state index contributed by atoms with van der Waals surface area (Å²) >= 11 is 7.39. The first kappa shape index (κ1) is 11.8. The highest BCUT2D eigenvalue weighted by Gasteiger charge is 2.16. The van der Waals surface area contributed by atoms with Crippen LogP contribution in [-0.2, 0) is 0 Å². The van der Waals surface area contributed by atoms with Crippen LogP contribution in [0.15, 0.2) is 41.8 Å². The molecule has 0 unspecified atom stereocenters. The van der Waals surface area contributed by atoms with Gasteiger partial charge in [-0.15, -0.1) is 0 Å².